The third-order valence-corrected chi connectivity index (χ3v) is 3.87. The van der Waals surface area contributed by atoms with Gasteiger partial charge >= 0.3 is 0 Å². The molecule has 0 bridgehead atoms. The number of hydrogen-bond acceptors (Lipinski definition) is 4. The third-order valence-electron chi connectivity index (χ3n) is 3.87. The summed E-state index contributed by atoms with van der Waals surface area (Å²) >= 11 is 0. The van der Waals surface area contributed by atoms with E-state index in [1.165, 1.54) is 6.08 Å². The van der Waals surface area contributed by atoms with Crippen molar-refractivity contribution in [1.82, 2.24) is 10.2 Å². The van der Waals surface area contributed by atoms with Crippen molar-refractivity contribution in [3.8, 4) is 11.5 Å². The lowest BCUT2D eigenvalue weighted by atomic mass is 10.2. The van der Waals surface area contributed by atoms with Gasteiger partial charge in [-0.05, 0) is 50.5 Å². The summed E-state index contributed by atoms with van der Waals surface area (Å²) in [5.74, 6) is 1.01. The van der Waals surface area contributed by atoms with Crippen LogP contribution < -0.4 is 14.8 Å². The van der Waals surface area contributed by atoms with Crippen LogP contribution in [0.25, 0.3) is 6.08 Å². The molecule has 0 radical (unpaired) electrons. The molecule has 1 aliphatic rings. The Morgan fingerprint density at radius 1 is 1.12 bits per heavy atom. The highest BCUT2D eigenvalue weighted by molar-refractivity contribution is 5.94. The van der Waals surface area contributed by atoms with Gasteiger partial charge in [0.05, 0.1) is 19.8 Å². The quantitative estimate of drug-likeness (QED) is 0.733. The molecule has 1 N–H and O–H groups in total. The zero-order chi connectivity index (χ0) is 18.1. The van der Waals surface area contributed by atoms with Gasteiger partial charge in [0.15, 0.2) is 11.5 Å². The number of ether oxygens (including phenoxy) is 2. The standard InChI is InChI=1S/C19H26N2O4/c1-3-24-16-9-7-15(13-17(16)25-4-2)8-10-18(22)20-14-19(23)21-11-5-6-12-21/h7-10,13H,3-6,11-12,14H2,1-2H3,(H,20,22)/b10-8+. The molecule has 1 heterocycles. The van der Waals surface area contributed by atoms with Crippen molar-refractivity contribution in [2.75, 3.05) is 32.8 Å². The number of carbonyl (C=O) groups is 2. The normalized spacial score (nSPS) is 13.9. The van der Waals surface area contributed by atoms with Crippen LogP contribution in [0.1, 0.15) is 32.3 Å². The van der Waals surface area contributed by atoms with E-state index in [4.69, 9.17) is 9.47 Å². The Hall–Kier alpha value is -2.50. The minimum atomic E-state index is -0.292. The fourth-order valence-electron chi connectivity index (χ4n) is 2.64. The van der Waals surface area contributed by atoms with Gasteiger partial charge in [0.2, 0.25) is 11.8 Å². The molecule has 136 valence electrons. The van der Waals surface area contributed by atoms with Crippen molar-refractivity contribution in [2.24, 2.45) is 0 Å². The van der Waals surface area contributed by atoms with E-state index < -0.39 is 0 Å². The van der Waals surface area contributed by atoms with Crippen molar-refractivity contribution in [2.45, 2.75) is 26.7 Å². The maximum Gasteiger partial charge on any atom is 0.244 e. The van der Waals surface area contributed by atoms with E-state index in [2.05, 4.69) is 5.32 Å². The predicted molar refractivity (Wildman–Crippen MR) is 96.6 cm³/mol. The summed E-state index contributed by atoms with van der Waals surface area (Å²) in [7, 11) is 0. The van der Waals surface area contributed by atoms with Crippen LogP contribution in [-0.4, -0.2) is 49.6 Å². The van der Waals surface area contributed by atoms with E-state index in [9.17, 15) is 9.59 Å². The molecule has 1 saturated heterocycles. The first-order chi connectivity index (χ1) is 12.1. The number of nitrogens with zero attached hydrogens (tertiary/aromatic N) is 1. The number of carbonyl (C=O) groups excluding carboxylic acids is 2. The first kappa shape index (κ1) is 18.8. The Bertz CT molecular complexity index is 622. The summed E-state index contributed by atoms with van der Waals surface area (Å²) < 4.78 is 11.1. The molecule has 0 spiro atoms. The number of likely N-dealkylation sites (tertiary alicyclic amines) is 1. The molecule has 0 aliphatic carbocycles. The average molecular weight is 346 g/mol. The Morgan fingerprint density at radius 2 is 1.80 bits per heavy atom. The zero-order valence-electron chi connectivity index (χ0n) is 14.9. The van der Waals surface area contributed by atoms with Gasteiger partial charge in [-0.3, -0.25) is 9.59 Å². The highest BCUT2D eigenvalue weighted by Crippen LogP contribution is 2.28. The molecule has 1 aliphatic heterocycles. The Labute approximate surface area is 148 Å². The molecule has 0 atom stereocenters. The Morgan fingerprint density at radius 3 is 2.48 bits per heavy atom. The second-order valence-electron chi connectivity index (χ2n) is 5.71. The van der Waals surface area contributed by atoms with E-state index in [0.717, 1.165) is 31.5 Å². The summed E-state index contributed by atoms with van der Waals surface area (Å²) in [6.07, 6.45) is 5.19. The summed E-state index contributed by atoms with van der Waals surface area (Å²) in [4.78, 5) is 25.6. The molecule has 0 aromatic heterocycles. The average Bonchev–Trinajstić information content (AvgIpc) is 3.15. The van der Waals surface area contributed by atoms with Gasteiger partial charge < -0.3 is 19.7 Å². The van der Waals surface area contributed by atoms with Crippen LogP contribution in [-0.2, 0) is 9.59 Å². The topological polar surface area (TPSA) is 67.9 Å². The van der Waals surface area contributed by atoms with Crippen LogP contribution in [0.15, 0.2) is 24.3 Å². The molecule has 2 amide bonds. The van der Waals surface area contributed by atoms with Crippen LogP contribution in [0.3, 0.4) is 0 Å². The molecular weight excluding hydrogens is 320 g/mol. The van der Waals surface area contributed by atoms with Crippen molar-refractivity contribution >= 4 is 17.9 Å². The van der Waals surface area contributed by atoms with Crippen LogP contribution in [0.5, 0.6) is 11.5 Å². The van der Waals surface area contributed by atoms with Crippen LogP contribution in [0, 0.1) is 0 Å². The highest BCUT2D eigenvalue weighted by Gasteiger charge is 2.17. The van der Waals surface area contributed by atoms with Gasteiger partial charge in [-0.25, -0.2) is 0 Å². The van der Waals surface area contributed by atoms with Crippen molar-refractivity contribution in [1.29, 1.82) is 0 Å². The summed E-state index contributed by atoms with van der Waals surface area (Å²) in [6.45, 7) is 6.53. The van der Waals surface area contributed by atoms with E-state index in [1.807, 2.05) is 32.0 Å². The molecule has 1 aromatic rings. The molecule has 2 rings (SSSR count). The van der Waals surface area contributed by atoms with Gasteiger partial charge in [-0.1, -0.05) is 6.07 Å². The summed E-state index contributed by atoms with van der Waals surface area (Å²) in [5.41, 5.74) is 0.827. The second-order valence-corrected chi connectivity index (χ2v) is 5.71. The maximum absolute atomic E-state index is 11.9. The van der Waals surface area contributed by atoms with Crippen molar-refractivity contribution < 1.29 is 19.1 Å². The molecule has 0 unspecified atom stereocenters. The van der Waals surface area contributed by atoms with E-state index in [1.54, 1.807) is 11.0 Å². The lowest BCUT2D eigenvalue weighted by Gasteiger charge is -2.14. The second kappa shape index (κ2) is 9.71. The van der Waals surface area contributed by atoms with Crippen molar-refractivity contribution in [3.05, 3.63) is 29.8 Å². The predicted octanol–water partition coefficient (Wildman–Crippen LogP) is 2.24. The van der Waals surface area contributed by atoms with Gasteiger partial charge in [-0.2, -0.15) is 0 Å². The molecule has 1 aromatic carbocycles. The van der Waals surface area contributed by atoms with E-state index >= 15 is 0 Å². The van der Waals surface area contributed by atoms with Crippen molar-refractivity contribution in [3.63, 3.8) is 0 Å². The largest absolute Gasteiger partial charge is 0.490 e. The molecule has 0 saturated carbocycles. The zero-order valence-corrected chi connectivity index (χ0v) is 14.9. The first-order valence-electron chi connectivity index (χ1n) is 8.77. The van der Waals surface area contributed by atoms with E-state index in [0.29, 0.717) is 24.7 Å². The lowest BCUT2D eigenvalue weighted by Crippen LogP contribution is -2.38. The summed E-state index contributed by atoms with van der Waals surface area (Å²) in [6, 6.07) is 5.50. The number of rotatable bonds is 8. The fraction of sp³-hybridized carbons (Fsp3) is 0.474. The highest BCUT2D eigenvalue weighted by atomic mass is 16.5. The van der Waals surface area contributed by atoms with Gasteiger partial charge in [0.1, 0.15) is 0 Å². The summed E-state index contributed by atoms with van der Waals surface area (Å²) in [5, 5.41) is 2.63. The van der Waals surface area contributed by atoms with E-state index in [-0.39, 0.29) is 18.4 Å². The SMILES string of the molecule is CCOc1ccc(/C=C/C(=O)NCC(=O)N2CCCC2)cc1OCC. The Kier molecular flexibility index (Phi) is 7.32. The minimum Gasteiger partial charge on any atom is -0.490 e. The molecule has 6 nitrogen and oxygen atoms in total. The third kappa shape index (κ3) is 5.81. The van der Waals surface area contributed by atoms with Crippen LogP contribution >= 0.6 is 0 Å². The number of nitrogens with one attached hydrogen (secondary N) is 1. The lowest BCUT2D eigenvalue weighted by molar-refractivity contribution is -0.131. The molecule has 25 heavy (non-hydrogen) atoms. The minimum absolute atomic E-state index is 0.0288. The number of amides is 2. The van der Waals surface area contributed by atoms with Gasteiger partial charge in [-0.15, -0.1) is 0 Å². The molecular formula is C19H26N2O4. The Balaban J connectivity index is 1.90. The number of hydrogen-bond donors (Lipinski definition) is 1. The first-order valence-corrected chi connectivity index (χ1v) is 8.77. The monoisotopic (exact) mass is 346 g/mol. The fourth-order valence-corrected chi connectivity index (χ4v) is 2.64. The number of benzene rings is 1. The molecule has 6 heteroatoms. The van der Waals surface area contributed by atoms with Crippen LogP contribution in [0.2, 0.25) is 0 Å². The molecule has 1 fully saturated rings. The smallest absolute Gasteiger partial charge is 0.244 e. The van der Waals surface area contributed by atoms with Gasteiger partial charge in [0.25, 0.3) is 0 Å². The van der Waals surface area contributed by atoms with Gasteiger partial charge in [0, 0.05) is 19.2 Å². The van der Waals surface area contributed by atoms with Crippen LogP contribution in [0.4, 0.5) is 0 Å². The maximum atomic E-state index is 11.9.